The van der Waals surface area contributed by atoms with Crippen LogP contribution in [0, 0.1) is 6.92 Å². The highest BCUT2D eigenvalue weighted by Gasteiger charge is 2.42. The summed E-state index contributed by atoms with van der Waals surface area (Å²) in [6.07, 6.45) is 1.21. The van der Waals surface area contributed by atoms with Gasteiger partial charge in [-0.05, 0) is 36.5 Å². The number of aryl methyl sites for hydroxylation is 1. The third-order valence-electron chi connectivity index (χ3n) is 4.74. The zero-order valence-electron chi connectivity index (χ0n) is 12.5. The van der Waals surface area contributed by atoms with E-state index in [0.717, 1.165) is 24.0 Å². The Hall–Kier alpha value is -1.64. The molecule has 2 heteroatoms. The molecule has 1 aliphatic rings. The first kappa shape index (κ1) is 14.3. The molecule has 21 heavy (non-hydrogen) atoms. The van der Waals surface area contributed by atoms with Gasteiger partial charge in [0.2, 0.25) is 0 Å². The van der Waals surface area contributed by atoms with Crippen LogP contribution >= 0.6 is 0 Å². The molecule has 0 bridgehead atoms. The van der Waals surface area contributed by atoms with Gasteiger partial charge in [-0.25, -0.2) is 0 Å². The lowest BCUT2D eigenvalue weighted by Crippen LogP contribution is -2.39. The van der Waals surface area contributed by atoms with E-state index in [0.29, 0.717) is 13.2 Å². The maximum Gasteiger partial charge on any atom is 0.0890 e. The highest BCUT2D eigenvalue weighted by atomic mass is 16.5. The van der Waals surface area contributed by atoms with E-state index in [2.05, 4.69) is 37.3 Å². The lowest BCUT2D eigenvalue weighted by Gasteiger charge is -2.42. The number of ether oxygens (including phenoxy) is 1. The van der Waals surface area contributed by atoms with E-state index in [9.17, 15) is 5.11 Å². The predicted octanol–water partition coefficient (Wildman–Crippen LogP) is 3.78. The zero-order valence-corrected chi connectivity index (χ0v) is 12.5. The Bertz CT molecular complexity index is 586. The maximum absolute atomic E-state index is 11.2. The molecule has 0 radical (unpaired) electrons. The molecule has 1 fully saturated rings. The Labute approximate surface area is 126 Å². The molecule has 1 heterocycles. The standard InChI is InChI=1S/C19H22O2/c1-15-7-5-6-10-17(15)18(20)19(11-13-21-14-12-19)16-8-3-2-4-9-16/h2-10,18,20H,11-14H2,1H3. The fourth-order valence-electron chi connectivity index (χ4n) is 3.42. The second kappa shape index (κ2) is 6.00. The average Bonchev–Trinajstić information content (AvgIpc) is 2.56. The average molecular weight is 282 g/mol. The summed E-state index contributed by atoms with van der Waals surface area (Å²) in [5, 5.41) is 11.2. The molecule has 0 aliphatic carbocycles. The second-order valence-electron chi connectivity index (χ2n) is 5.89. The van der Waals surface area contributed by atoms with Crippen LogP contribution in [0.5, 0.6) is 0 Å². The molecule has 110 valence electrons. The van der Waals surface area contributed by atoms with Gasteiger partial charge < -0.3 is 9.84 Å². The Morgan fingerprint density at radius 2 is 1.57 bits per heavy atom. The van der Waals surface area contributed by atoms with Gasteiger partial charge in [0.1, 0.15) is 0 Å². The highest BCUT2D eigenvalue weighted by molar-refractivity contribution is 5.36. The first-order valence-corrected chi connectivity index (χ1v) is 7.61. The molecule has 1 atom stereocenters. The Morgan fingerprint density at radius 1 is 0.952 bits per heavy atom. The van der Waals surface area contributed by atoms with Crippen molar-refractivity contribution in [3.63, 3.8) is 0 Å². The van der Waals surface area contributed by atoms with Crippen LogP contribution in [0.4, 0.5) is 0 Å². The van der Waals surface area contributed by atoms with E-state index in [-0.39, 0.29) is 5.41 Å². The molecule has 1 unspecified atom stereocenters. The first-order chi connectivity index (χ1) is 10.2. The van der Waals surface area contributed by atoms with E-state index >= 15 is 0 Å². The summed E-state index contributed by atoms with van der Waals surface area (Å²) in [5.74, 6) is 0. The lowest BCUT2D eigenvalue weighted by atomic mass is 9.67. The van der Waals surface area contributed by atoms with Crippen LogP contribution in [0.2, 0.25) is 0 Å². The predicted molar refractivity (Wildman–Crippen MR) is 84.3 cm³/mol. The van der Waals surface area contributed by atoms with Crippen LogP contribution in [0.1, 0.15) is 35.6 Å². The topological polar surface area (TPSA) is 29.5 Å². The number of benzene rings is 2. The van der Waals surface area contributed by atoms with Crippen molar-refractivity contribution < 1.29 is 9.84 Å². The number of rotatable bonds is 3. The summed E-state index contributed by atoms with van der Waals surface area (Å²) < 4.78 is 5.55. The van der Waals surface area contributed by atoms with Gasteiger partial charge in [0.25, 0.3) is 0 Å². The van der Waals surface area contributed by atoms with Crippen molar-refractivity contribution in [2.45, 2.75) is 31.3 Å². The maximum atomic E-state index is 11.2. The molecule has 1 saturated heterocycles. The molecule has 2 nitrogen and oxygen atoms in total. The Morgan fingerprint density at radius 3 is 2.24 bits per heavy atom. The van der Waals surface area contributed by atoms with Gasteiger partial charge in [0.15, 0.2) is 0 Å². The van der Waals surface area contributed by atoms with E-state index in [4.69, 9.17) is 4.74 Å². The summed E-state index contributed by atoms with van der Waals surface area (Å²) in [6, 6.07) is 18.5. The molecule has 1 aliphatic heterocycles. The number of aliphatic hydroxyl groups excluding tert-OH is 1. The van der Waals surface area contributed by atoms with E-state index in [1.54, 1.807) is 0 Å². The van der Waals surface area contributed by atoms with Gasteiger partial charge in [0, 0.05) is 18.6 Å². The van der Waals surface area contributed by atoms with Crippen molar-refractivity contribution >= 4 is 0 Å². The Balaban J connectivity index is 2.06. The molecular formula is C19H22O2. The Kier molecular flexibility index (Phi) is 4.09. The quantitative estimate of drug-likeness (QED) is 0.928. The van der Waals surface area contributed by atoms with Crippen molar-refractivity contribution in [1.82, 2.24) is 0 Å². The SMILES string of the molecule is Cc1ccccc1C(O)C1(c2ccccc2)CCOCC1. The summed E-state index contributed by atoms with van der Waals surface area (Å²) in [7, 11) is 0. The van der Waals surface area contributed by atoms with Crippen LogP contribution in [0.15, 0.2) is 54.6 Å². The third kappa shape index (κ3) is 2.61. The van der Waals surface area contributed by atoms with Crippen molar-refractivity contribution in [2.24, 2.45) is 0 Å². The summed E-state index contributed by atoms with van der Waals surface area (Å²) >= 11 is 0. The molecule has 0 amide bonds. The van der Waals surface area contributed by atoms with Crippen molar-refractivity contribution in [3.8, 4) is 0 Å². The van der Waals surface area contributed by atoms with E-state index in [1.165, 1.54) is 5.56 Å². The molecule has 0 spiro atoms. The van der Waals surface area contributed by atoms with E-state index in [1.807, 2.05) is 24.3 Å². The summed E-state index contributed by atoms with van der Waals surface area (Å²) in [4.78, 5) is 0. The van der Waals surface area contributed by atoms with Gasteiger partial charge >= 0.3 is 0 Å². The highest BCUT2D eigenvalue weighted by Crippen LogP contribution is 2.45. The van der Waals surface area contributed by atoms with Gasteiger partial charge in [-0.15, -0.1) is 0 Å². The zero-order chi connectivity index (χ0) is 14.7. The fraction of sp³-hybridized carbons (Fsp3) is 0.368. The summed E-state index contributed by atoms with van der Waals surface area (Å²) in [6.45, 7) is 3.48. The van der Waals surface area contributed by atoms with Crippen LogP contribution in [-0.4, -0.2) is 18.3 Å². The lowest BCUT2D eigenvalue weighted by molar-refractivity contribution is -0.0173. The molecule has 0 saturated carbocycles. The van der Waals surface area contributed by atoms with Crippen LogP contribution in [0.25, 0.3) is 0 Å². The van der Waals surface area contributed by atoms with Crippen LogP contribution in [0.3, 0.4) is 0 Å². The van der Waals surface area contributed by atoms with Crippen LogP contribution < -0.4 is 0 Å². The minimum Gasteiger partial charge on any atom is -0.387 e. The summed E-state index contributed by atoms with van der Waals surface area (Å²) in [5.41, 5.74) is 3.14. The molecule has 1 N–H and O–H groups in total. The minimum absolute atomic E-state index is 0.244. The monoisotopic (exact) mass is 282 g/mol. The van der Waals surface area contributed by atoms with Gasteiger partial charge in [0.05, 0.1) is 6.10 Å². The molecule has 2 aromatic rings. The normalized spacial score (nSPS) is 19.1. The van der Waals surface area contributed by atoms with E-state index < -0.39 is 6.10 Å². The van der Waals surface area contributed by atoms with Crippen molar-refractivity contribution in [2.75, 3.05) is 13.2 Å². The second-order valence-corrected chi connectivity index (χ2v) is 5.89. The molecule has 0 aromatic heterocycles. The molecule has 2 aromatic carbocycles. The van der Waals surface area contributed by atoms with Gasteiger partial charge in [-0.1, -0.05) is 54.6 Å². The largest absolute Gasteiger partial charge is 0.387 e. The van der Waals surface area contributed by atoms with Gasteiger partial charge in [-0.3, -0.25) is 0 Å². The molecule has 3 rings (SSSR count). The molecular weight excluding hydrogens is 260 g/mol. The first-order valence-electron chi connectivity index (χ1n) is 7.61. The van der Waals surface area contributed by atoms with Crippen molar-refractivity contribution in [3.05, 3.63) is 71.3 Å². The minimum atomic E-state index is -0.495. The number of hydrogen-bond acceptors (Lipinski definition) is 2. The van der Waals surface area contributed by atoms with Crippen molar-refractivity contribution in [1.29, 1.82) is 0 Å². The fourth-order valence-corrected chi connectivity index (χ4v) is 3.42. The van der Waals surface area contributed by atoms with Crippen LogP contribution in [-0.2, 0) is 10.2 Å². The van der Waals surface area contributed by atoms with Gasteiger partial charge in [-0.2, -0.15) is 0 Å². The number of hydrogen-bond donors (Lipinski definition) is 1. The smallest absolute Gasteiger partial charge is 0.0890 e. The number of aliphatic hydroxyl groups is 1. The third-order valence-corrected chi connectivity index (χ3v) is 4.74.